The van der Waals surface area contributed by atoms with Crippen LogP contribution < -0.4 is 10.6 Å². The molecule has 2 aromatic carbocycles. The van der Waals surface area contributed by atoms with Crippen LogP contribution in [0, 0.1) is 6.92 Å². The van der Waals surface area contributed by atoms with E-state index in [0.29, 0.717) is 29.4 Å². The molecule has 0 bridgehead atoms. The fraction of sp³-hybridized carbons (Fsp3) is 0.280. The van der Waals surface area contributed by atoms with Crippen LogP contribution in [-0.2, 0) is 16.1 Å². The van der Waals surface area contributed by atoms with Gasteiger partial charge in [0.1, 0.15) is 12.2 Å². The van der Waals surface area contributed by atoms with Gasteiger partial charge in [0.05, 0.1) is 6.33 Å². The zero-order valence-electron chi connectivity index (χ0n) is 19.3. The van der Waals surface area contributed by atoms with Crippen LogP contribution in [-0.4, -0.2) is 61.0 Å². The lowest BCUT2D eigenvalue weighted by molar-refractivity contribution is -0.137. The van der Waals surface area contributed by atoms with Crippen molar-refractivity contribution in [2.45, 2.75) is 38.0 Å². The van der Waals surface area contributed by atoms with Crippen LogP contribution in [0.15, 0.2) is 60.9 Å². The third-order valence-electron chi connectivity index (χ3n) is 6.02. The maximum atomic E-state index is 12.1. The molecule has 4 aromatic rings. The van der Waals surface area contributed by atoms with Gasteiger partial charge in [-0.05, 0) is 18.6 Å². The third-order valence-corrected chi connectivity index (χ3v) is 6.02. The van der Waals surface area contributed by atoms with Crippen LogP contribution >= 0.6 is 0 Å². The Morgan fingerprint density at radius 3 is 2.63 bits per heavy atom. The number of amides is 1. The van der Waals surface area contributed by atoms with Crippen molar-refractivity contribution in [2.75, 3.05) is 12.4 Å². The molecule has 2 aromatic heterocycles. The number of rotatable bonds is 6. The average Bonchev–Trinajstić information content (AvgIpc) is 3.43. The summed E-state index contributed by atoms with van der Waals surface area (Å²) in [6.45, 7) is 2.51. The van der Waals surface area contributed by atoms with Gasteiger partial charge in [0.25, 0.3) is 5.91 Å². The largest absolute Gasteiger partial charge is 0.387 e. The summed E-state index contributed by atoms with van der Waals surface area (Å²) in [6.07, 6.45) is -3.55. The minimum atomic E-state index is -1.40. The number of carbonyl (C=O) groups excluding carboxylic acids is 1. The van der Waals surface area contributed by atoms with Gasteiger partial charge in [-0.1, -0.05) is 54.1 Å². The number of likely N-dealkylation sites (N-methyl/N-ethyl adjacent to an activating group) is 1. The molecule has 10 heteroatoms. The highest BCUT2D eigenvalue weighted by Gasteiger charge is 2.47. The van der Waals surface area contributed by atoms with Crippen molar-refractivity contribution in [2.24, 2.45) is 0 Å². The molecule has 0 aliphatic carbocycles. The zero-order valence-corrected chi connectivity index (χ0v) is 19.3. The fourth-order valence-electron chi connectivity index (χ4n) is 4.17. The maximum Gasteiger partial charge on any atom is 0.251 e. The van der Waals surface area contributed by atoms with Gasteiger partial charge < -0.3 is 25.6 Å². The number of nitrogens with zero attached hydrogens (tertiary/aromatic N) is 4. The highest BCUT2D eigenvalue weighted by molar-refractivity contribution is 5.85. The Morgan fingerprint density at radius 2 is 1.89 bits per heavy atom. The van der Waals surface area contributed by atoms with Crippen molar-refractivity contribution < 1.29 is 19.7 Å². The van der Waals surface area contributed by atoms with E-state index in [4.69, 9.17) is 14.7 Å². The molecule has 5 rings (SSSR count). The number of ether oxygens (including phenoxy) is 1. The van der Waals surface area contributed by atoms with Crippen LogP contribution in [0.4, 0.5) is 5.82 Å². The quantitative estimate of drug-likeness (QED) is 0.332. The van der Waals surface area contributed by atoms with Crippen molar-refractivity contribution in [1.29, 1.82) is 0 Å². The first-order valence-corrected chi connectivity index (χ1v) is 11.3. The third kappa shape index (κ3) is 4.34. The van der Waals surface area contributed by atoms with Crippen LogP contribution in [0.25, 0.3) is 22.6 Å². The summed E-state index contributed by atoms with van der Waals surface area (Å²) in [4.78, 5) is 26.1. The van der Waals surface area contributed by atoms with Crippen LogP contribution in [0.5, 0.6) is 0 Å². The first-order valence-electron chi connectivity index (χ1n) is 11.3. The molecule has 1 saturated heterocycles. The van der Waals surface area contributed by atoms with Gasteiger partial charge >= 0.3 is 0 Å². The van der Waals surface area contributed by atoms with Crippen LogP contribution in [0.3, 0.4) is 0 Å². The van der Waals surface area contributed by atoms with Gasteiger partial charge in [-0.3, -0.25) is 9.36 Å². The number of aromatic nitrogens is 4. The number of aliphatic hydroxyl groups excluding tert-OH is 2. The van der Waals surface area contributed by atoms with Crippen molar-refractivity contribution in [3.8, 4) is 11.4 Å². The summed E-state index contributed by atoms with van der Waals surface area (Å²) < 4.78 is 7.28. The SMILES string of the molecule is CNC(=O)[C@@H]1OC(n2cnc3c(NCc4ccccc4)nc(-c4cccc(C)c4)nc32)C(O)C1O. The molecule has 1 aliphatic rings. The number of aliphatic hydroxyl groups is 2. The van der Waals surface area contributed by atoms with E-state index in [1.54, 1.807) is 0 Å². The Morgan fingerprint density at radius 1 is 1.09 bits per heavy atom. The summed E-state index contributed by atoms with van der Waals surface area (Å²) in [5.41, 5.74) is 3.83. The zero-order chi connectivity index (χ0) is 24.5. The summed E-state index contributed by atoms with van der Waals surface area (Å²) in [6, 6.07) is 17.7. The van der Waals surface area contributed by atoms with E-state index in [1.165, 1.54) is 17.9 Å². The van der Waals surface area contributed by atoms with Crippen molar-refractivity contribution >= 4 is 22.9 Å². The summed E-state index contributed by atoms with van der Waals surface area (Å²) in [5.74, 6) is 0.461. The predicted molar refractivity (Wildman–Crippen MR) is 129 cm³/mol. The van der Waals surface area contributed by atoms with Crippen LogP contribution in [0.1, 0.15) is 17.4 Å². The van der Waals surface area contributed by atoms with Crippen molar-refractivity contribution in [3.63, 3.8) is 0 Å². The molecule has 1 amide bonds. The first-order chi connectivity index (χ1) is 17.0. The number of aryl methyl sites for hydroxylation is 1. The lowest BCUT2D eigenvalue weighted by Crippen LogP contribution is -2.41. The monoisotopic (exact) mass is 474 g/mol. The lowest BCUT2D eigenvalue weighted by Gasteiger charge is -2.17. The molecular weight excluding hydrogens is 448 g/mol. The van der Waals surface area contributed by atoms with Gasteiger partial charge in [-0.2, -0.15) is 0 Å². The second kappa shape index (κ2) is 9.41. The fourth-order valence-corrected chi connectivity index (χ4v) is 4.17. The summed E-state index contributed by atoms with van der Waals surface area (Å²) in [5, 5.41) is 26.9. The topological polar surface area (TPSA) is 134 Å². The molecular formula is C25H26N6O4. The lowest BCUT2D eigenvalue weighted by atomic mass is 10.1. The number of benzene rings is 2. The Balaban J connectivity index is 1.58. The molecule has 4 N–H and O–H groups in total. The Kier molecular flexibility index (Phi) is 6.16. The molecule has 4 atom stereocenters. The predicted octanol–water partition coefficient (Wildman–Crippen LogP) is 1.78. The smallest absolute Gasteiger partial charge is 0.251 e. The average molecular weight is 475 g/mol. The minimum absolute atomic E-state index is 0.404. The molecule has 3 heterocycles. The number of nitrogens with one attached hydrogen (secondary N) is 2. The molecule has 0 radical (unpaired) electrons. The summed E-state index contributed by atoms with van der Waals surface area (Å²) >= 11 is 0. The van der Waals surface area contributed by atoms with E-state index in [0.717, 1.165) is 16.7 Å². The molecule has 3 unspecified atom stereocenters. The second-order valence-corrected chi connectivity index (χ2v) is 8.47. The number of hydrogen-bond acceptors (Lipinski definition) is 8. The molecule has 10 nitrogen and oxygen atoms in total. The van der Waals surface area contributed by atoms with Crippen molar-refractivity contribution in [3.05, 3.63) is 72.1 Å². The molecule has 0 spiro atoms. The van der Waals surface area contributed by atoms with E-state index in [2.05, 4.69) is 15.6 Å². The van der Waals surface area contributed by atoms with E-state index in [1.807, 2.05) is 61.5 Å². The normalized spacial score (nSPS) is 21.8. The molecule has 0 saturated carbocycles. The molecule has 180 valence electrons. The van der Waals surface area contributed by atoms with E-state index >= 15 is 0 Å². The van der Waals surface area contributed by atoms with Gasteiger partial charge in [-0.15, -0.1) is 0 Å². The van der Waals surface area contributed by atoms with Crippen LogP contribution in [0.2, 0.25) is 0 Å². The highest BCUT2D eigenvalue weighted by atomic mass is 16.6. The number of anilines is 1. The van der Waals surface area contributed by atoms with Gasteiger partial charge in [0, 0.05) is 19.2 Å². The van der Waals surface area contributed by atoms with E-state index in [9.17, 15) is 15.0 Å². The maximum absolute atomic E-state index is 12.1. The standard InChI is InChI=1S/C25H26N6O4/c1-14-7-6-10-16(11-14)21-29-22(27-12-15-8-4-3-5-9-15)17-23(30-21)31(13-28-17)25-19(33)18(32)20(35-25)24(34)26-2/h3-11,13,18-20,25,32-33H,12H2,1-2H3,(H,26,34)(H,27,29,30)/t18?,19?,20-,25?/m1/s1. The Labute approximate surface area is 201 Å². The summed E-state index contributed by atoms with van der Waals surface area (Å²) in [7, 11) is 1.44. The van der Waals surface area contributed by atoms with Gasteiger partial charge in [-0.25, -0.2) is 15.0 Å². The molecule has 1 fully saturated rings. The van der Waals surface area contributed by atoms with Crippen molar-refractivity contribution in [1.82, 2.24) is 24.8 Å². The minimum Gasteiger partial charge on any atom is -0.387 e. The molecule has 35 heavy (non-hydrogen) atoms. The van der Waals surface area contributed by atoms with Gasteiger partial charge in [0.2, 0.25) is 0 Å². The molecule has 1 aliphatic heterocycles. The van der Waals surface area contributed by atoms with Gasteiger partial charge in [0.15, 0.2) is 35.1 Å². The number of imidazole rings is 1. The highest BCUT2D eigenvalue weighted by Crippen LogP contribution is 2.33. The number of hydrogen-bond donors (Lipinski definition) is 4. The Hall–Kier alpha value is -3.86. The Bertz CT molecular complexity index is 1360. The number of fused-ring (bicyclic) bond motifs is 1. The van der Waals surface area contributed by atoms with E-state index in [-0.39, 0.29) is 0 Å². The second-order valence-electron chi connectivity index (χ2n) is 8.47. The first kappa shape index (κ1) is 22.9. The van der Waals surface area contributed by atoms with E-state index < -0.39 is 30.4 Å². The number of carbonyl (C=O) groups is 1.